The van der Waals surface area contributed by atoms with Crippen molar-refractivity contribution in [3.63, 3.8) is 0 Å². The number of hydrogen-bond acceptors (Lipinski definition) is 2. The molecule has 2 aliphatic carbocycles. The zero-order chi connectivity index (χ0) is 15.0. The molecule has 0 radical (unpaired) electrons. The summed E-state index contributed by atoms with van der Waals surface area (Å²) in [6, 6.07) is 0. The Labute approximate surface area is 153 Å². The predicted octanol–water partition coefficient (Wildman–Crippen LogP) is 3.56. The molecule has 2 aliphatic rings. The van der Waals surface area contributed by atoms with Gasteiger partial charge in [0.1, 0.15) is 0 Å². The fraction of sp³-hybridized carbons (Fsp3) is 0.941. The minimum absolute atomic E-state index is 0. The van der Waals surface area contributed by atoms with Crippen LogP contribution in [0.2, 0.25) is 0 Å². The Morgan fingerprint density at radius 1 is 1.18 bits per heavy atom. The van der Waals surface area contributed by atoms with Crippen molar-refractivity contribution >= 4 is 29.9 Å². The van der Waals surface area contributed by atoms with E-state index in [0.717, 1.165) is 44.6 Å². The van der Waals surface area contributed by atoms with Gasteiger partial charge in [-0.3, -0.25) is 4.99 Å². The Balaban J connectivity index is 0.00000242. The second kappa shape index (κ2) is 10.7. The molecule has 0 unspecified atom stereocenters. The van der Waals surface area contributed by atoms with Gasteiger partial charge in [0.25, 0.3) is 0 Å². The first-order valence-electron chi connectivity index (χ1n) is 8.83. The maximum atomic E-state index is 5.57. The highest BCUT2D eigenvalue weighted by Crippen LogP contribution is 2.56. The topological polar surface area (TPSA) is 45.6 Å². The maximum Gasteiger partial charge on any atom is 0.190 e. The third-order valence-corrected chi connectivity index (χ3v) is 5.02. The molecule has 0 aromatic heterocycles. The van der Waals surface area contributed by atoms with Gasteiger partial charge in [0, 0.05) is 33.4 Å². The molecule has 0 aromatic rings. The number of unbranched alkanes of at least 4 members (excludes halogenated alkanes) is 1. The predicted molar refractivity (Wildman–Crippen MR) is 104 cm³/mol. The molecule has 0 heterocycles. The molecule has 2 rings (SSSR count). The number of nitrogens with zero attached hydrogens (tertiary/aromatic N) is 1. The first-order chi connectivity index (χ1) is 10.3. The van der Waals surface area contributed by atoms with Crippen molar-refractivity contribution in [1.82, 2.24) is 10.6 Å². The fourth-order valence-electron chi connectivity index (χ4n) is 3.27. The molecule has 4 nitrogen and oxygen atoms in total. The number of rotatable bonds is 10. The summed E-state index contributed by atoms with van der Waals surface area (Å²) in [4.78, 5) is 4.33. The molecule has 0 bridgehead atoms. The molecule has 22 heavy (non-hydrogen) atoms. The minimum Gasteiger partial charge on any atom is -0.381 e. The summed E-state index contributed by atoms with van der Waals surface area (Å²) in [6.07, 6.45) is 10.5. The lowest BCUT2D eigenvalue weighted by Gasteiger charge is -2.43. The minimum atomic E-state index is 0. The number of ether oxygens (including phenoxy) is 1. The van der Waals surface area contributed by atoms with E-state index < -0.39 is 0 Å². The van der Waals surface area contributed by atoms with E-state index in [1.807, 2.05) is 7.05 Å². The third-order valence-electron chi connectivity index (χ3n) is 5.02. The Kier molecular flexibility index (Phi) is 9.71. The normalized spacial score (nSPS) is 20.0. The van der Waals surface area contributed by atoms with Gasteiger partial charge < -0.3 is 15.4 Å². The van der Waals surface area contributed by atoms with Crippen molar-refractivity contribution in [2.24, 2.45) is 16.3 Å². The second-order valence-electron chi connectivity index (χ2n) is 6.66. The number of guanidine groups is 1. The van der Waals surface area contributed by atoms with Gasteiger partial charge in [-0.2, -0.15) is 0 Å². The van der Waals surface area contributed by atoms with Crippen molar-refractivity contribution in [1.29, 1.82) is 0 Å². The number of nitrogens with one attached hydrogen (secondary N) is 2. The standard InChI is InChI=1S/C17H33N3O.HI/c1-3-4-12-21-13-6-11-19-16(18-2)20-14-17(9-5-10-17)15-7-8-15;/h15H,3-14H2,1-2H3,(H2,18,19,20);1H. The van der Waals surface area contributed by atoms with Gasteiger partial charge in [-0.05, 0) is 49.9 Å². The van der Waals surface area contributed by atoms with Crippen LogP contribution in [0.15, 0.2) is 4.99 Å². The zero-order valence-electron chi connectivity index (χ0n) is 14.3. The van der Waals surface area contributed by atoms with Crippen molar-refractivity contribution in [2.45, 2.75) is 58.3 Å². The largest absolute Gasteiger partial charge is 0.381 e. The van der Waals surface area contributed by atoms with Crippen molar-refractivity contribution in [3.05, 3.63) is 0 Å². The van der Waals surface area contributed by atoms with Crippen LogP contribution in [-0.2, 0) is 4.74 Å². The molecule has 130 valence electrons. The lowest BCUT2D eigenvalue weighted by atomic mass is 9.65. The van der Waals surface area contributed by atoms with E-state index in [0.29, 0.717) is 5.41 Å². The number of aliphatic imine (C=N–C) groups is 1. The monoisotopic (exact) mass is 423 g/mol. The molecule has 0 atom stereocenters. The van der Waals surface area contributed by atoms with Crippen LogP contribution in [-0.4, -0.2) is 39.3 Å². The summed E-state index contributed by atoms with van der Waals surface area (Å²) in [6.45, 7) is 5.97. The van der Waals surface area contributed by atoms with Gasteiger partial charge in [-0.25, -0.2) is 0 Å². The summed E-state index contributed by atoms with van der Waals surface area (Å²) in [5, 5.41) is 6.94. The molecular weight excluding hydrogens is 389 g/mol. The molecular formula is C17H34IN3O. The van der Waals surface area contributed by atoms with Crippen molar-refractivity contribution in [2.75, 3.05) is 33.4 Å². The van der Waals surface area contributed by atoms with Gasteiger partial charge >= 0.3 is 0 Å². The van der Waals surface area contributed by atoms with Crippen LogP contribution in [0.3, 0.4) is 0 Å². The van der Waals surface area contributed by atoms with Gasteiger partial charge in [-0.15, -0.1) is 24.0 Å². The Morgan fingerprint density at radius 2 is 1.91 bits per heavy atom. The second-order valence-corrected chi connectivity index (χ2v) is 6.66. The highest BCUT2D eigenvalue weighted by molar-refractivity contribution is 14.0. The van der Waals surface area contributed by atoms with E-state index in [1.54, 1.807) is 0 Å². The van der Waals surface area contributed by atoms with Gasteiger partial charge in [0.15, 0.2) is 5.96 Å². The van der Waals surface area contributed by atoms with Crippen LogP contribution < -0.4 is 10.6 Å². The van der Waals surface area contributed by atoms with Crippen LogP contribution >= 0.6 is 24.0 Å². The van der Waals surface area contributed by atoms with E-state index >= 15 is 0 Å². The van der Waals surface area contributed by atoms with Crippen LogP contribution in [0, 0.1) is 11.3 Å². The molecule has 0 saturated heterocycles. The van der Waals surface area contributed by atoms with Crippen molar-refractivity contribution < 1.29 is 4.74 Å². The van der Waals surface area contributed by atoms with E-state index in [4.69, 9.17) is 4.74 Å². The molecule has 2 fully saturated rings. The van der Waals surface area contributed by atoms with Crippen LogP contribution in [0.1, 0.15) is 58.3 Å². The molecule has 2 N–H and O–H groups in total. The SMILES string of the molecule is CCCCOCCCNC(=NC)NCC1(C2CC2)CCC1.I. The lowest BCUT2D eigenvalue weighted by Crippen LogP contribution is -2.47. The van der Waals surface area contributed by atoms with Crippen molar-refractivity contribution in [3.8, 4) is 0 Å². The van der Waals surface area contributed by atoms with Crippen LogP contribution in [0.4, 0.5) is 0 Å². The lowest BCUT2D eigenvalue weighted by molar-refractivity contribution is 0.105. The Bertz CT molecular complexity index is 328. The fourth-order valence-corrected chi connectivity index (χ4v) is 3.27. The van der Waals surface area contributed by atoms with E-state index in [-0.39, 0.29) is 24.0 Å². The van der Waals surface area contributed by atoms with E-state index in [2.05, 4.69) is 22.5 Å². The first-order valence-corrected chi connectivity index (χ1v) is 8.83. The first kappa shape index (κ1) is 20.0. The molecule has 0 spiro atoms. The Hall–Kier alpha value is -0.0400. The van der Waals surface area contributed by atoms with Crippen LogP contribution in [0.25, 0.3) is 0 Å². The van der Waals surface area contributed by atoms with Gasteiger partial charge in [0.2, 0.25) is 0 Å². The van der Waals surface area contributed by atoms with E-state index in [1.165, 1.54) is 44.9 Å². The quantitative estimate of drug-likeness (QED) is 0.245. The third kappa shape index (κ3) is 6.22. The Morgan fingerprint density at radius 3 is 2.45 bits per heavy atom. The number of halogens is 1. The highest BCUT2D eigenvalue weighted by Gasteiger charge is 2.48. The average Bonchev–Trinajstić information content (AvgIpc) is 3.28. The summed E-state index contributed by atoms with van der Waals surface area (Å²) < 4.78 is 5.57. The summed E-state index contributed by atoms with van der Waals surface area (Å²) in [5.74, 6) is 1.94. The molecule has 2 saturated carbocycles. The van der Waals surface area contributed by atoms with Gasteiger partial charge in [-0.1, -0.05) is 19.8 Å². The molecule has 0 amide bonds. The smallest absolute Gasteiger partial charge is 0.190 e. The van der Waals surface area contributed by atoms with Crippen LogP contribution in [0.5, 0.6) is 0 Å². The molecule has 5 heteroatoms. The van der Waals surface area contributed by atoms with E-state index in [9.17, 15) is 0 Å². The summed E-state index contributed by atoms with van der Waals surface area (Å²) in [5.41, 5.74) is 0.598. The summed E-state index contributed by atoms with van der Waals surface area (Å²) >= 11 is 0. The molecule has 0 aromatic carbocycles. The van der Waals surface area contributed by atoms with Gasteiger partial charge in [0.05, 0.1) is 0 Å². The maximum absolute atomic E-state index is 5.57. The molecule has 0 aliphatic heterocycles. The summed E-state index contributed by atoms with van der Waals surface area (Å²) in [7, 11) is 1.86. The average molecular weight is 423 g/mol. The number of hydrogen-bond donors (Lipinski definition) is 2. The zero-order valence-corrected chi connectivity index (χ0v) is 16.7. The highest BCUT2D eigenvalue weighted by atomic mass is 127.